The standard InChI is InChI=1S/C19H20O2/c1-15(17-11-3-2-4-12-17)8-5-6-9-16-10-7-13-18(14-16)19(20)21/h2-4,7-8,10-14H,5-6,9H2,1H3,(H,20,21). The number of rotatable bonds is 6. The van der Waals surface area contributed by atoms with E-state index in [0.717, 1.165) is 24.8 Å². The molecule has 0 aliphatic carbocycles. The number of carbonyl (C=O) groups is 1. The molecule has 2 nitrogen and oxygen atoms in total. The van der Waals surface area contributed by atoms with Crippen molar-refractivity contribution in [2.75, 3.05) is 0 Å². The van der Waals surface area contributed by atoms with Gasteiger partial charge in [0.25, 0.3) is 0 Å². The summed E-state index contributed by atoms with van der Waals surface area (Å²) in [6.45, 7) is 2.13. The number of aromatic carboxylic acids is 1. The maximum absolute atomic E-state index is 10.9. The van der Waals surface area contributed by atoms with Gasteiger partial charge in [-0.05, 0) is 55.0 Å². The van der Waals surface area contributed by atoms with Crippen molar-refractivity contribution < 1.29 is 9.90 Å². The first kappa shape index (κ1) is 15.0. The zero-order valence-electron chi connectivity index (χ0n) is 12.3. The highest BCUT2D eigenvalue weighted by Crippen LogP contribution is 2.15. The first-order valence-corrected chi connectivity index (χ1v) is 7.21. The maximum atomic E-state index is 10.9. The summed E-state index contributed by atoms with van der Waals surface area (Å²) < 4.78 is 0. The topological polar surface area (TPSA) is 37.3 Å². The van der Waals surface area contributed by atoms with Gasteiger partial charge in [-0.15, -0.1) is 0 Å². The normalized spacial score (nSPS) is 11.4. The van der Waals surface area contributed by atoms with E-state index in [1.54, 1.807) is 12.1 Å². The number of unbranched alkanes of at least 4 members (excludes halogenated alkanes) is 1. The van der Waals surface area contributed by atoms with Crippen LogP contribution in [0.3, 0.4) is 0 Å². The van der Waals surface area contributed by atoms with Gasteiger partial charge in [0, 0.05) is 0 Å². The molecule has 0 aliphatic rings. The van der Waals surface area contributed by atoms with Crippen LogP contribution in [0.5, 0.6) is 0 Å². The van der Waals surface area contributed by atoms with Gasteiger partial charge in [-0.3, -0.25) is 0 Å². The van der Waals surface area contributed by atoms with E-state index in [2.05, 4.69) is 25.1 Å². The zero-order valence-corrected chi connectivity index (χ0v) is 12.3. The van der Waals surface area contributed by atoms with Crippen LogP contribution in [0, 0.1) is 0 Å². The third kappa shape index (κ3) is 4.60. The molecular formula is C19H20O2. The molecule has 0 aliphatic heterocycles. The molecule has 0 heterocycles. The van der Waals surface area contributed by atoms with Crippen molar-refractivity contribution >= 4 is 11.5 Å². The summed E-state index contributed by atoms with van der Waals surface area (Å²) in [4.78, 5) is 10.9. The lowest BCUT2D eigenvalue weighted by molar-refractivity contribution is 0.0696. The van der Waals surface area contributed by atoms with Crippen LogP contribution < -0.4 is 0 Å². The Morgan fingerprint density at radius 3 is 2.48 bits per heavy atom. The Kier molecular flexibility index (Phi) is 5.33. The van der Waals surface area contributed by atoms with E-state index < -0.39 is 5.97 Å². The van der Waals surface area contributed by atoms with E-state index in [0.29, 0.717) is 5.56 Å². The summed E-state index contributed by atoms with van der Waals surface area (Å²) in [6, 6.07) is 17.5. The van der Waals surface area contributed by atoms with Crippen molar-refractivity contribution in [3.63, 3.8) is 0 Å². The Morgan fingerprint density at radius 2 is 1.76 bits per heavy atom. The predicted octanol–water partition coefficient (Wildman–Crippen LogP) is 4.81. The van der Waals surface area contributed by atoms with E-state index in [-0.39, 0.29) is 0 Å². The summed E-state index contributed by atoms with van der Waals surface area (Å²) in [6.07, 6.45) is 5.17. The van der Waals surface area contributed by atoms with Gasteiger partial charge in [-0.25, -0.2) is 4.79 Å². The van der Waals surface area contributed by atoms with Crippen LogP contribution in [0.25, 0.3) is 5.57 Å². The van der Waals surface area contributed by atoms with Crippen molar-refractivity contribution in [3.05, 3.63) is 77.4 Å². The van der Waals surface area contributed by atoms with E-state index in [1.165, 1.54) is 11.1 Å². The van der Waals surface area contributed by atoms with Crippen LogP contribution in [0.2, 0.25) is 0 Å². The van der Waals surface area contributed by atoms with Gasteiger partial charge in [0.1, 0.15) is 0 Å². The molecule has 0 unspecified atom stereocenters. The Hall–Kier alpha value is -2.35. The first-order valence-electron chi connectivity index (χ1n) is 7.21. The first-order chi connectivity index (χ1) is 10.2. The van der Waals surface area contributed by atoms with E-state index in [9.17, 15) is 4.79 Å². The van der Waals surface area contributed by atoms with Crippen LogP contribution in [0.15, 0.2) is 60.7 Å². The Labute approximate surface area is 125 Å². The van der Waals surface area contributed by atoms with Gasteiger partial charge in [-0.1, -0.05) is 48.5 Å². The Morgan fingerprint density at radius 1 is 1.05 bits per heavy atom. The molecule has 0 bridgehead atoms. The number of allylic oxidation sites excluding steroid dienone is 2. The molecule has 0 saturated heterocycles. The number of carboxylic acids is 1. The summed E-state index contributed by atoms with van der Waals surface area (Å²) in [5.74, 6) is -0.864. The van der Waals surface area contributed by atoms with Gasteiger partial charge < -0.3 is 5.11 Å². The molecule has 0 atom stereocenters. The third-order valence-corrected chi connectivity index (χ3v) is 3.52. The molecular weight excluding hydrogens is 260 g/mol. The minimum atomic E-state index is -0.864. The lowest BCUT2D eigenvalue weighted by Crippen LogP contribution is -1.97. The van der Waals surface area contributed by atoms with Gasteiger partial charge >= 0.3 is 5.97 Å². The average molecular weight is 280 g/mol. The largest absolute Gasteiger partial charge is 0.478 e. The number of aryl methyl sites for hydroxylation is 1. The fourth-order valence-corrected chi connectivity index (χ4v) is 2.30. The molecule has 2 heteroatoms. The number of hydrogen-bond acceptors (Lipinski definition) is 1. The van der Waals surface area contributed by atoms with Gasteiger partial charge in [0.2, 0.25) is 0 Å². The molecule has 0 aromatic heterocycles. The number of hydrogen-bond donors (Lipinski definition) is 1. The number of benzene rings is 2. The smallest absolute Gasteiger partial charge is 0.335 e. The van der Waals surface area contributed by atoms with Crippen molar-refractivity contribution in [2.45, 2.75) is 26.2 Å². The molecule has 0 saturated carbocycles. The molecule has 2 aromatic rings. The van der Waals surface area contributed by atoms with Crippen LogP contribution in [-0.2, 0) is 6.42 Å². The molecule has 21 heavy (non-hydrogen) atoms. The van der Waals surface area contributed by atoms with E-state index in [4.69, 9.17) is 5.11 Å². The minimum Gasteiger partial charge on any atom is -0.478 e. The van der Waals surface area contributed by atoms with E-state index >= 15 is 0 Å². The average Bonchev–Trinajstić information content (AvgIpc) is 2.52. The van der Waals surface area contributed by atoms with Crippen molar-refractivity contribution in [1.82, 2.24) is 0 Å². The quantitative estimate of drug-likeness (QED) is 0.771. The second-order valence-corrected chi connectivity index (χ2v) is 5.15. The van der Waals surface area contributed by atoms with E-state index in [1.807, 2.05) is 30.3 Å². The number of carboxylic acid groups (broad SMARTS) is 1. The van der Waals surface area contributed by atoms with Crippen LogP contribution in [0.1, 0.15) is 41.3 Å². The van der Waals surface area contributed by atoms with Crippen LogP contribution >= 0.6 is 0 Å². The highest BCUT2D eigenvalue weighted by atomic mass is 16.4. The third-order valence-electron chi connectivity index (χ3n) is 3.52. The second-order valence-electron chi connectivity index (χ2n) is 5.15. The lowest BCUT2D eigenvalue weighted by Gasteiger charge is -2.03. The monoisotopic (exact) mass is 280 g/mol. The second kappa shape index (κ2) is 7.44. The summed E-state index contributed by atoms with van der Waals surface area (Å²) in [7, 11) is 0. The highest BCUT2D eigenvalue weighted by Gasteiger charge is 2.02. The molecule has 0 radical (unpaired) electrons. The Bertz CT molecular complexity index is 627. The fraction of sp³-hybridized carbons (Fsp3) is 0.211. The van der Waals surface area contributed by atoms with Gasteiger partial charge in [0.05, 0.1) is 5.56 Å². The van der Waals surface area contributed by atoms with Gasteiger partial charge in [-0.2, -0.15) is 0 Å². The summed E-state index contributed by atoms with van der Waals surface area (Å²) in [5, 5.41) is 8.97. The highest BCUT2D eigenvalue weighted by molar-refractivity contribution is 5.87. The van der Waals surface area contributed by atoms with Crippen molar-refractivity contribution in [2.24, 2.45) is 0 Å². The van der Waals surface area contributed by atoms with Crippen LogP contribution in [0.4, 0.5) is 0 Å². The molecule has 2 rings (SSSR count). The SMILES string of the molecule is CC(=CCCCc1cccc(C(=O)O)c1)c1ccccc1. The maximum Gasteiger partial charge on any atom is 0.335 e. The van der Waals surface area contributed by atoms with Crippen LogP contribution in [-0.4, -0.2) is 11.1 Å². The molecule has 0 fully saturated rings. The summed E-state index contributed by atoms with van der Waals surface area (Å²) >= 11 is 0. The lowest BCUT2D eigenvalue weighted by atomic mass is 10.0. The molecule has 1 N–H and O–H groups in total. The molecule has 108 valence electrons. The fourth-order valence-electron chi connectivity index (χ4n) is 2.30. The summed E-state index contributed by atoms with van der Waals surface area (Å²) in [5.41, 5.74) is 3.99. The van der Waals surface area contributed by atoms with Gasteiger partial charge in [0.15, 0.2) is 0 Å². The van der Waals surface area contributed by atoms with Crippen molar-refractivity contribution in [3.8, 4) is 0 Å². The molecule has 2 aromatic carbocycles. The predicted molar refractivity (Wildman–Crippen MR) is 86.4 cm³/mol. The zero-order chi connectivity index (χ0) is 15.1. The minimum absolute atomic E-state index is 0.364. The molecule has 0 amide bonds. The molecule has 0 spiro atoms. The Balaban J connectivity index is 1.87. The van der Waals surface area contributed by atoms with Crippen molar-refractivity contribution in [1.29, 1.82) is 0 Å².